The van der Waals surface area contributed by atoms with Crippen molar-refractivity contribution < 1.29 is 14.3 Å². The Balaban J connectivity index is 1.72. The van der Waals surface area contributed by atoms with Gasteiger partial charge < -0.3 is 14.8 Å². The fourth-order valence-electron chi connectivity index (χ4n) is 1.84. The third-order valence-corrected chi connectivity index (χ3v) is 2.44. The van der Waals surface area contributed by atoms with Crippen LogP contribution in [0.3, 0.4) is 0 Å². The van der Waals surface area contributed by atoms with Crippen LogP contribution >= 0.6 is 0 Å². The molecule has 0 aromatic heterocycles. The number of carbonyl (C=O) groups excluding carboxylic acids is 1. The second-order valence-electron chi connectivity index (χ2n) is 5.03. The van der Waals surface area contributed by atoms with Gasteiger partial charge in [0.2, 0.25) is 0 Å². The Kier molecular flexibility index (Phi) is 2.18. The zero-order valence-electron chi connectivity index (χ0n) is 8.87. The number of hydrogen-bond donors (Lipinski definition) is 1. The molecule has 4 heteroatoms. The minimum Gasteiger partial charge on any atom is -0.444 e. The molecule has 4 nitrogen and oxygen atoms in total. The molecule has 2 unspecified atom stereocenters. The van der Waals surface area contributed by atoms with E-state index in [1.165, 1.54) is 0 Å². The van der Waals surface area contributed by atoms with Crippen molar-refractivity contribution in [2.75, 3.05) is 0 Å². The van der Waals surface area contributed by atoms with Gasteiger partial charge in [0, 0.05) is 6.04 Å². The maximum Gasteiger partial charge on any atom is 0.407 e. The van der Waals surface area contributed by atoms with Crippen molar-refractivity contribution >= 4 is 6.09 Å². The molecule has 80 valence electrons. The highest BCUT2D eigenvalue weighted by atomic mass is 16.6. The summed E-state index contributed by atoms with van der Waals surface area (Å²) in [5, 5.41) is 2.86. The number of carbonyl (C=O) groups is 1. The summed E-state index contributed by atoms with van der Waals surface area (Å²) in [5.74, 6) is 0. The maximum atomic E-state index is 11.4. The van der Waals surface area contributed by atoms with Crippen molar-refractivity contribution in [2.24, 2.45) is 0 Å². The molecular formula is C10H17NO3. The largest absolute Gasteiger partial charge is 0.444 e. The van der Waals surface area contributed by atoms with E-state index in [1.54, 1.807) is 0 Å². The van der Waals surface area contributed by atoms with Crippen molar-refractivity contribution in [3.8, 4) is 0 Å². The molecule has 0 radical (unpaired) electrons. The Labute approximate surface area is 84.0 Å². The van der Waals surface area contributed by atoms with Gasteiger partial charge in [0.15, 0.2) is 0 Å². The van der Waals surface area contributed by atoms with Gasteiger partial charge in [-0.3, -0.25) is 0 Å². The van der Waals surface area contributed by atoms with E-state index < -0.39 is 5.60 Å². The van der Waals surface area contributed by atoms with Gasteiger partial charge in [-0.2, -0.15) is 0 Å². The average molecular weight is 199 g/mol. The molecule has 1 amide bonds. The summed E-state index contributed by atoms with van der Waals surface area (Å²) in [4.78, 5) is 11.4. The van der Waals surface area contributed by atoms with Crippen LogP contribution in [0.15, 0.2) is 0 Å². The lowest BCUT2D eigenvalue weighted by Gasteiger charge is -2.22. The number of alkyl carbamates (subject to hydrolysis) is 1. The molecule has 14 heavy (non-hydrogen) atoms. The first kappa shape index (κ1) is 9.77. The van der Waals surface area contributed by atoms with E-state index in [2.05, 4.69) is 5.32 Å². The molecule has 0 aromatic rings. The SMILES string of the molecule is CC(C)(C)OC(=O)NC1CC2O[C@H]2C1. The zero-order valence-corrected chi connectivity index (χ0v) is 8.87. The van der Waals surface area contributed by atoms with Crippen LogP contribution in [-0.4, -0.2) is 29.9 Å². The van der Waals surface area contributed by atoms with E-state index in [1.807, 2.05) is 20.8 Å². The van der Waals surface area contributed by atoms with Crippen molar-refractivity contribution in [1.82, 2.24) is 5.32 Å². The fourth-order valence-corrected chi connectivity index (χ4v) is 1.84. The Bertz CT molecular complexity index is 236. The van der Waals surface area contributed by atoms with Crippen LogP contribution in [0, 0.1) is 0 Å². The Morgan fingerprint density at radius 2 is 1.93 bits per heavy atom. The van der Waals surface area contributed by atoms with E-state index in [9.17, 15) is 4.79 Å². The molecular weight excluding hydrogens is 182 g/mol. The Morgan fingerprint density at radius 3 is 2.43 bits per heavy atom. The van der Waals surface area contributed by atoms with E-state index in [-0.39, 0.29) is 12.1 Å². The normalized spacial score (nSPS) is 34.9. The van der Waals surface area contributed by atoms with Crippen molar-refractivity contribution in [3.63, 3.8) is 0 Å². The Hall–Kier alpha value is -0.770. The highest BCUT2D eigenvalue weighted by Gasteiger charge is 2.48. The van der Waals surface area contributed by atoms with Gasteiger partial charge in [0.1, 0.15) is 5.60 Å². The second-order valence-corrected chi connectivity index (χ2v) is 5.03. The van der Waals surface area contributed by atoms with Crippen molar-refractivity contribution in [3.05, 3.63) is 0 Å². The van der Waals surface area contributed by atoms with E-state index in [0.29, 0.717) is 12.2 Å². The van der Waals surface area contributed by atoms with E-state index >= 15 is 0 Å². The smallest absolute Gasteiger partial charge is 0.407 e. The molecule has 1 N–H and O–H groups in total. The molecule has 1 saturated carbocycles. The summed E-state index contributed by atoms with van der Waals surface area (Å²) < 4.78 is 10.4. The molecule has 2 aliphatic rings. The van der Waals surface area contributed by atoms with E-state index in [4.69, 9.17) is 9.47 Å². The lowest BCUT2D eigenvalue weighted by Crippen LogP contribution is -2.38. The molecule has 1 aliphatic heterocycles. The fraction of sp³-hybridized carbons (Fsp3) is 0.900. The third-order valence-electron chi connectivity index (χ3n) is 2.44. The van der Waals surface area contributed by atoms with Gasteiger partial charge in [-0.1, -0.05) is 0 Å². The van der Waals surface area contributed by atoms with Crippen LogP contribution in [0.25, 0.3) is 0 Å². The number of ether oxygens (including phenoxy) is 2. The molecule has 1 saturated heterocycles. The first-order chi connectivity index (χ1) is 6.44. The summed E-state index contributed by atoms with van der Waals surface area (Å²) in [5.41, 5.74) is -0.415. The molecule has 2 rings (SSSR count). The van der Waals surface area contributed by atoms with E-state index in [0.717, 1.165) is 12.8 Å². The second kappa shape index (κ2) is 3.12. The third kappa shape index (κ3) is 2.38. The lowest BCUT2D eigenvalue weighted by molar-refractivity contribution is 0.0496. The monoisotopic (exact) mass is 199 g/mol. The number of hydrogen-bond acceptors (Lipinski definition) is 3. The molecule has 1 aliphatic carbocycles. The van der Waals surface area contributed by atoms with Gasteiger partial charge in [0.05, 0.1) is 12.2 Å². The summed E-state index contributed by atoms with van der Waals surface area (Å²) in [6.07, 6.45) is 2.35. The Morgan fingerprint density at radius 1 is 1.36 bits per heavy atom. The van der Waals surface area contributed by atoms with Crippen LogP contribution in [0.1, 0.15) is 33.6 Å². The van der Waals surface area contributed by atoms with Crippen LogP contribution in [0.2, 0.25) is 0 Å². The molecule has 2 fully saturated rings. The number of epoxide rings is 1. The molecule has 0 aromatic carbocycles. The quantitative estimate of drug-likeness (QED) is 0.650. The van der Waals surface area contributed by atoms with Gasteiger partial charge in [-0.25, -0.2) is 4.79 Å². The van der Waals surface area contributed by atoms with Crippen LogP contribution in [0.5, 0.6) is 0 Å². The molecule has 0 bridgehead atoms. The molecule has 3 atom stereocenters. The minimum atomic E-state index is -0.415. The topological polar surface area (TPSA) is 50.9 Å². The predicted octanol–water partition coefficient (Wildman–Crippen LogP) is 1.44. The van der Waals surface area contributed by atoms with Crippen LogP contribution < -0.4 is 5.32 Å². The zero-order chi connectivity index (χ0) is 10.3. The van der Waals surface area contributed by atoms with Gasteiger partial charge >= 0.3 is 6.09 Å². The number of amides is 1. The van der Waals surface area contributed by atoms with Crippen molar-refractivity contribution in [2.45, 2.75) is 57.5 Å². The standard InChI is InChI=1S/C10H17NO3/c1-10(2,3)14-9(12)11-6-4-7-8(5-6)13-7/h6-8H,4-5H2,1-3H3,(H,11,12)/t6?,7-,8?/m0/s1. The average Bonchev–Trinajstić information content (AvgIpc) is 2.54. The first-order valence-electron chi connectivity index (χ1n) is 5.09. The number of rotatable bonds is 1. The summed E-state index contributed by atoms with van der Waals surface area (Å²) in [6.45, 7) is 5.59. The maximum absolute atomic E-state index is 11.4. The lowest BCUT2D eigenvalue weighted by atomic mass is 10.2. The summed E-state index contributed by atoms with van der Waals surface area (Å²) in [7, 11) is 0. The molecule has 1 heterocycles. The highest BCUT2D eigenvalue weighted by Crippen LogP contribution is 2.38. The van der Waals surface area contributed by atoms with Crippen molar-refractivity contribution in [1.29, 1.82) is 0 Å². The predicted molar refractivity (Wildman–Crippen MR) is 51.1 cm³/mol. The summed E-state index contributed by atoms with van der Waals surface area (Å²) in [6, 6.07) is 0.244. The van der Waals surface area contributed by atoms with Gasteiger partial charge in [-0.15, -0.1) is 0 Å². The number of fused-ring (bicyclic) bond motifs is 1. The van der Waals surface area contributed by atoms with Gasteiger partial charge in [-0.05, 0) is 33.6 Å². The number of nitrogens with one attached hydrogen (secondary N) is 1. The minimum absolute atomic E-state index is 0.244. The highest BCUT2D eigenvalue weighted by molar-refractivity contribution is 5.68. The molecule has 0 spiro atoms. The van der Waals surface area contributed by atoms with Crippen LogP contribution in [0.4, 0.5) is 4.79 Å². The van der Waals surface area contributed by atoms with Gasteiger partial charge in [0.25, 0.3) is 0 Å². The summed E-state index contributed by atoms with van der Waals surface area (Å²) >= 11 is 0. The first-order valence-corrected chi connectivity index (χ1v) is 5.09. The van der Waals surface area contributed by atoms with Crippen LogP contribution in [-0.2, 0) is 9.47 Å².